The smallest absolute Gasteiger partial charge is 0.299 e. The number of hydrogen-bond acceptors (Lipinski definition) is 7. The lowest BCUT2D eigenvalue weighted by Gasteiger charge is -2.27. The first-order chi connectivity index (χ1) is 13.9. The molecule has 0 radical (unpaired) electrons. The van der Waals surface area contributed by atoms with Crippen molar-refractivity contribution in [3.05, 3.63) is 82.7 Å². The molecule has 7 nitrogen and oxygen atoms in total. The molecule has 0 fully saturated rings. The highest BCUT2D eigenvalue weighted by molar-refractivity contribution is 7.97. The van der Waals surface area contributed by atoms with Crippen LogP contribution in [0.5, 0.6) is 11.5 Å². The minimum atomic E-state index is -0.809. The Hall–Kier alpha value is -3.10. The average molecular weight is 411 g/mol. The molecule has 29 heavy (non-hydrogen) atoms. The van der Waals surface area contributed by atoms with Crippen molar-refractivity contribution in [1.82, 2.24) is 9.71 Å². The lowest BCUT2D eigenvalue weighted by atomic mass is 9.92. The van der Waals surface area contributed by atoms with Gasteiger partial charge in [-0.2, -0.15) is 0 Å². The van der Waals surface area contributed by atoms with Crippen LogP contribution in [0.15, 0.2) is 71.9 Å². The molecule has 3 aromatic rings. The van der Waals surface area contributed by atoms with Crippen LogP contribution in [0.25, 0.3) is 11.1 Å². The maximum Gasteiger partial charge on any atom is 0.299 e. The predicted octanol–water partition coefficient (Wildman–Crippen LogP) is 4.86. The van der Waals surface area contributed by atoms with Crippen LogP contribution in [0, 0.1) is 10.1 Å². The van der Waals surface area contributed by atoms with E-state index in [2.05, 4.69) is 20.6 Å². The first-order valence-corrected chi connectivity index (χ1v) is 9.66. The summed E-state index contributed by atoms with van der Waals surface area (Å²) in [5.74, 6) is 0.900. The topological polar surface area (TPSA) is 86.5 Å². The van der Waals surface area contributed by atoms with E-state index in [0.717, 1.165) is 16.7 Å². The molecular weight excluding hydrogens is 390 g/mol. The molecule has 8 heteroatoms. The zero-order valence-electron chi connectivity index (χ0n) is 16.3. The van der Waals surface area contributed by atoms with Gasteiger partial charge in [0.2, 0.25) is 0 Å². The molecule has 2 aromatic carbocycles. The van der Waals surface area contributed by atoms with Gasteiger partial charge in [0.1, 0.15) is 11.5 Å². The fourth-order valence-electron chi connectivity index (χ4n) is 2.79. The van der Waals surface area contributed by atoms with E-state index in [0.29, 0.717) is 10.6 Å². The monoisotopic (exact) mass is 411 g/mol. The third kappa shape index (κ3) is 5.04. The van der Waals surface area contributed by atoms with Crippen LogP contribution in [0.4, 0.5) is 0 Å². The minimum Gasteiger partial charge on any atom is -0.494 e. The molecule has 0 saturated carbocycles. The Bertz CT molecular complexity index is 1010. The predicted molar refractivity (Wildman–Crippen MR) is 112 cm³/mol. The normalized spacial score (nSPS) is 11.1. The van der Waals surface area contributed by atoms with Crippen molar-refractivity contribution in [2.24, 2.45) is 0 Å². The summed E-state index contributed by atoms with van der Waals surface area (Å²) in [4.78, 5) is 20.1. The van der Waals surface area contributed by atoms with Crippen molar-refractivity contribution in [2.75, 3.05) is 7.11 Å². The number of aromatic nitrogens is 1. The summed E-state index contributed by atoms with van der Waals surface area (Å²) in [5, 5.41) is 9.90. The number of rotatable bonds is 8. The van der Waals surface area contributed by atoms with E-state index < -0.39 is 10.6 Å². The molecule has 150 valence electrons. The molecule has 1 aromatic heterocycles. The number of nitrogens with zero attached hydrogens (tertiary/aromatic N) is 2. The number of hydrogen-bond donors (Lipinski definition) is 1. The van der Waals surface area contributed by atoms with Gasteiger partial charge in [-0.25, -0.2) is 4.72 Å². The molecular formula is C21H21N3O4S. The lowest BCUT2D eigenvalue weighted by Crippen LogP contribution is -2.31. The van der Waals surface area contributed by atoms with Crippen molar-refractivity contribution in [3.63, 3.8) is 0 Å². The highest BCUT2D eigenvalue weighted by Crippen LogP contribution is 2.34. The molecule has 0 saturated heterocycles. The van der Waals surface area contributed by atoms with Crippen LogP contribution in [-0.4, -0.2) is 17.2 Å². The number of nitrogens with one attached hydrogen (secondary N) is 1. The first kappa shape index (κ1) is 20.6. The molecule has 0 bridgehead atoms. The van der Waals surface area contributed by atoms with Gasteiger partial charge in [0, 0.05) is 17.3 Å². The quantitative estimate of drug-likeness (QED) is 0.322. The van der Waals surface area contributed by atoms with Crippen molar-refractivity contribution in [2.45, 2.75) is 24.3 Å². The number of para-hydroxylation sites is 1. The minimum absolute atomic E-state index is 0.195. The van der Waals surface area contributed by atoms with Gasteiger partial charge in [-0.05, 0) is 61.2 Å². The van der Waals surface area contributed by atoms with Gasteiger partial charge < -0.3 is 4.74 Å². The average Bonchev–Trinajstić information content (AvgIpc) is 2.73. The van der Waals surface area contributed by atoms with Crippen LogP contribution in [-0.2, 0) is 5.54 Å². The molecule has 0 aliphatic rings. The molecule has 3 rings (SSSR count). The highest BCUT2D eigenvalue weighted by atomic mass is 32.2. The second-order valence-corrected chi connectivity index (χ2v) is 7.60. The Morgan fingerprint density at radius 3 is 2.66 bits per heavy atom. The van der Waals surface area contributed by atoms with Crippen LogP contribution in [0.3, 0.4) is 0 Å². The second-order valence-electron chi connectivity index (χ2n) is 6.75. The van der Waals surface area contributed by atoms with Crippen LogP contribution >= 0.6 is 11.9 Å². The Morgan fingerprint density at radius 1 is 1.10 bits per heavy atom. The van der Waals surface area contributed by atoms with E-state index in [1.165, 1.54) is 11.9 Å². The summed E-state index contributed by atoms with van der Waals surface area (Å²) in [6.45, 7) is 4.08. The maximum absolute atomic E-state index is 10.7. The third-order valence-corrected chi connectivity index (χ3v) is 5.51. The fourth-order valence-corrected chi connectivity index (χ4v) is 3.62. The standard InChI is InChI=1S/C21H21N3O4S/c1-21(2,23-29-20-10-5-4-9-18(20)28-24(25)26)16-8-6-7-15(13-16)17-11-12-22-14-19(17)27-3/h4-14,23H,1-3H3. The molecule has 0 amide bonds. The first-order valence-electron chi connectivity index (χ1n) is 8.85. The van der Waals surface area contributed by atoms with Gasteiger partial charge in [0.05, 0.1) is 18.2 Å². The van der Waals surface area contributed by atoms with Gasteiger partial charge >= 0.3 is 0 Å². The van der Waals surface area contributed by atoms with E-state index in [1.54, 1.807) is 43.8 Å². The molecule has 0 aliphatic carbocycles. The number of methoxy groups -OCH3 is 1. The number of ether oxygens (including phenoxy) is 1. The number of pyridine rings is 1. The van der Waals surface area contributed by atoms with E-state index in [4.69, 9.17) is 4.74 Å². The Balaban J connectivity index is 1.83. The van der Waals surface area contributed by atoms with Crippen molar-refractivity contribution in [3.8, 4) is 22.6 Å². The van der Waals surface area contributed by atoms with Gasteiger partial charge in [-0.3, -0.25) is 9.82 Å². The van der Waals surface area contributed by atoms with Crippen LogP contribution in [0.1, 0.15) is 19.4 Å². The van der Waals surface area contributed by atoms with E-state index >= 15 is 0 Å². The van der Waals surface area contributed by atoms with E-state index in [9.17, 15) is 10.1 Å². The zero-order valence-corrected chi connectivity index (χ0v) is 17.1. The van der Waals surface area contributed by atoms with Crippen molar-refractivity contribution in [1.29, 1.82) is 0 Å². The maximum atomic E-state index is 10.7. The summed E-state index contributed by atoms with van der Waals surface area (Å²) in [7, 11) is 1.62. The summed E-state index contributed by atoms with van der Waals surface area (Å²) in [6.07, 6.45) is 3.42. The Kier molecular flexibility index (Phi) is 6.36. The molecule has 1 N–H and O–H groups in total. The molecule has 1 heterocycles. The Morgan fingerprint density at radius 2 is 1.90 bits per heavy atom. The zero-order chi connectivity index (χ0) is 20.9. The third-order valence-electron chi connectivity index (χ3n) is 4.34. The van der Waals surface area contributed by atoms with Crippen LogP contribution < -0.4 is 14.3 Å². The van der Waals surface area contributed by atoms with Gasteiger partial charge in [-0.1, -0.05) is 30.3 Å². The summed E-state index contributed by atoms with van der Waals surface area (Å²) in [5.41, 5.74) is 2.59. The van der Waals surface area contributed by atoms with Crippen molar-refractivity contribution >= 4 is 11.9 Å². The summed E-state index contributed by atoms with van der Waals surface area (Å²) >= 11 is 1.29. The molecule has 0 unspecified atom stereocenters. The molecule has 0 aliphatic heterocycles. The summed E-state index contributed by atoms with van der Waals surface area (Å²) in [6, 6.07) is 16.9. The molecule has 0 atom stereocenters. The highest BCUT2D eigenvalue weighted by Gasteiger charge is 2.22. The SMILES string of the molecule is COc1cnccc1-c1cccc(C(C)(C)NSc2ccccc2O[N+](=O)[O-])c1. The van der Waals surface area contributed by atoms with Crippen molar-refractivity contribution < 1.29 is 14.7 Å². The van der Waals surface area contributed by atoms with E-state index in [1.807, 2.05) is 38.1 Å². The summed E-state index contributed by atoms with van der Waals surface area (Å²) < 4.78 is 8.81. The van der Waals surface area contributed by atoms with Gasteiger partial charge in [-0.15, -0.1) is 10.1 Å². The fraction of sp³-hybridized carbons (Fsp3) is 0.190. The van der Waals surface area contributed by atoms with Crippen LogP contribution in [0.2, 0.25) is 0 Å². The largest absolute Gasteiger partial charge is 0.494 e. The van der Waals surface area contributed by atoms with Gasteiger partial charge in [0.15, 0.2) is 0 Å². The van der Waals surface area contributed by atoms with E-state index in [-0.39, 0.29) is 5.75 Å². The molecule has 0 spiro atoms. The Labute approximate surface area is 173 Å². The second kappa shape index (κ2) is 8.93. The lowest BCUT2D eigenvalue weighted by molar-refractivity contribution is -0.711. The van der Waals surface area contributed by atoms with Gasteiger partial charge in [0.25, 0.3) is 5.09 Å². The number of benzene rings is 2.